The summed E-state index contributed by atoms with van der Waals surface area (Å²) in [5.74, 6) is -1.07. The average Bonchev–Trinajstić information content (AvgIpc) is 2.97. The molecule has 1 saturated heterocycles. The van der Waals surface area contributed by atoms with Gasteiger partial charge < -0.3 is 16.0 Å². The van der Waals surface area contributed by atoms with E-state index < -0.39 is 17.5 Å². The number of nitrogens with two attached hydrogens (primary N) is 1. The van der Waals surface area contributed by atoms with Gasteiger partial charge >= 0.3 is 0 Å². The molecule has 0 spiro atoms. The monoisotopic (exact) mass is 426 g/mol. The lowest BCUT2D eigenvalue weighted by atomic mass is 10.1. The highest BCUT2D eigenvalue weighted by Crippen LogP contribution is 2.28. The van der Waals surface area contributed by atoms with Crippen LogP contribution in [0.3, 0.4) is 0 Å². The summed E-state index contributed by atoms with van der Waals surface area (Å²) in [6.07, 6.45) is 4.32. The van der Waals surface area contributed by atoms with Gasteiger partial charge in [0, 0.05) is 31.7 Å². The van der Waals surface area contributed by atoms with Crippen LogP contribution in [0, 0.1) is 11.6 Å². The Kier molecular flexibility index (Phi) is 5.94. The predicted molar refractivity (Wildman–Crippen MR) is 115 cm³/mol. The lowest BCUT2D eigenvalue weighted by Crippen LogP contribution is -2.29. The molecule has 1 aromatic carbocycles. The molecule has 1 fully saturated rings. The van der Waals surface area contributed by atoms with Gasteiger partial charge in [0.05, 0.1) is 6.20 Å². The summed E-state index contributed by atoms with van der Waals surface area (Å²) < 4.78 is 30.1. The van der Waals surface area contributed by atoms with Crippen LogP contribution in [-0.4, -0.2) is 39.8 Å². The van der Waals surface area contributed by atoms with E-state index in [0.29, 0.717) is 5.69 Å². The third-order valence-corrected chi connectivity index (χ3v) is 5.44. The van der Waals surface area contributed by atoms with Crippen LogP contribution in [0.4, 0.5) is 20.3 Å². The molecule has 3 aromatic rings. The minimum absolute atomic E-state index is 0.00220. The molecule has 3 heterocycles. The highest BCUT2D eigenvalue weighted by atomic mass is 19.1. The molecule has 31 heavy (non-hydrogen) atoms. The standard InChI is InChI=1S/C22H24F2N6O/c1-29-22(30-11-4-5-14(25)10-12-30)19(13-26-29)28-21(31)18-9-8-17(24)20(27-18)15-6-2-3-7-16(15)23/h2-3,6-9,13-14H,4-5,10-12,25H2,1H3,(H,28,31). The summed E-state index contributed by atoms with van der Waals surface area (Å²) in [7, 11) is 1.81. The fourth-order valence-corrected chi connectivity index (χ4v) is 3.83. The van der Waals surface area contributed by atoms with Crippen LogP contribution >= 0.6 is 0 Å². The van der Waals surface area contributed by atoms with Crippen molar-refractivity contribution in [2.75, 3.05) is 23.3 Å². The summed E-state index contributed by atoms with van der Waals surface area (Å²) in [6.45, 7) is 1.57. The van der Waals surface area contributed by atoms with Crippen molar-refractivity contribution in [3.8, 4) is 11.3 Å². The van der Waals surface area contributed by atoms with Crippen LogP contribution in [-0.2, 0) is 7.05 Å². The van der Waals surface area contributed by atoms with Crippen molar-refractivity contribution >= 4 is 17.4 Å². The van der Waals surface area contributed by atoms with Gasteiger partial charge in [0.1, 0.15) is 28.7 Å². The van der Waals surface area contributed by atoms with E-state index >= 15 is 0 Å². The third-order valence-electron chi connectivity index (χ3n) is 5.44. The molecule has 1 aliphatic heterocycles. The van der Waals surface area contributed by atoms with E-state index in [0.717, 1.165) is 44.2 Å². The minimum Gasteiger partial charge on any atom is -0.355 e. The number of aryl methyl sites for hydroxylation is 1. The van der Waals surface area contributed by atoms with Crippen molar-refractivity contribution in [1.29, 1.82) is 0 Å². The van der Waals surface area contributed by atoms with Crippen LogP contribution in [0.15, 0.2) is 42.6 Å². The number of hydrogen-bond donors (Lipinski definition) is 2. The van der Waals surface area contributed by atoms with Gasteiger partial charge in [0.15, 0.2) is 5.82 Å². The van der Waals surface area contributed by atoms with Crippen molar-refractivity contribution in [3.05, 3.63) is 59.9 Å². The van der Waals surface area contributed by atoms with E-state index in [2.05, 4.69) is 20.3 Å². The molecule has 7 nitrogen and oxygen atoms in total. The van der Waals surface area contributed by atoms with E-state index in [-0.39, 0.29) is 23.0 Å². The van der Waals surface area contributed by atoms with Gasteiger partial charge in [-0.05, 0) is 43.5 Å². The number of rotatable bonds is 4. The molecule has 0 radical (unpaired) electrons. The molecular formula is C22H24F2N6O. The molecule has 0 aliphatic carbocycles. The van der Waals surface area contributed by atoms with Crippen molar-refractivity contribution in [1.82, 2.24) is 14.8 Å². The number of aromatic nitrogens is 3. The normalized spacial score (nSPS) is 16.8. The highest BCUT2D eigenvalue weighted by molar-refractivity contribution is 6.04. The maximum atomic E-state index is 14.3. The quantitative estimate of drug-likeness (QED) is 0.668. The summed E-state index contributed by atoms with van der Waals surface area (Å²) in [4.78, 5) is 19.1. The second kappa shape index (κ2) is 8.81. The largest absolute Gasteiger partial charge is 0.355 e. The van der Waals surface area contributed by atoms with Gasteiger partial charge in [0.2, 0.25) is 0 Å². The molecule has 1 atom stereocenters. The summed E-state index contributed by atoms with van der Waals surface area (Å²) in [5.41, 5.74) is 6.38. The number of halogens is 2. The first kappa shape index (κ1) is 20.9. The smallest absolute Gasteiger partial charge is 0.274 e. The van der Waals surface area contributed by atoms with E-state index in [1.807, 2.05) is 7.05 Å². The number of amides is 1. The molecule has 162 valence electrons. The first-order chi connectivity index (χ1) is 14.9. The molecule has 3 N–H and O–H groups in total. The summed E-state index contributed by atoms with van der Waals surface area (Å²) in [6, 6.07) is 8.29. The highest BCUT2D eigenvalue weighted by Gasteiger charge is 2.22. The van der Waals surface area contributed by atoms with Crippen molar-refractivity contribution < 1.29 is 13.6 Å². The minimum atomic E-state index is -0.704. The van der Waals surface area contributed by atoms with Crippen molar-refractivity contribution in [2.45, 2.75) is 25.3 Å². The van der Waals surface area contributed by atoms with Crippen molar-refractivity contribution in [2.24, 2.45) is 12.8 Å². The molecule has 0 saturated carbocycles. The van der Waals surface area contributed by atoms with E-state index in [9.17, 15) is 13.6 Å². The number of pyridine rings is 1. The fourth-order valence-electron chi connectivity index (χ4n) is 3.83. The Labute approximate surface area is 178 Å². The number of anilines is 2. The zero-order chi connectivity index (χ0) is 22.0. The van der Waals surface area contributed by atoms with Gasteiger partial charge in [-0.25, -0.2) is 13.8 Å². The molecule has 1 amide bonds. The van der Waals surface area contributed by atoms with E-state index in [1.165, 1.54) is 24.3 Å². The lowest BCUT2D eigenvalue weighted by molar-refractivity contribution is 0.102. The summed E-state index contributed by atoms with van der Waals surface area (Å²) >= 11 is 0. The molecule has 0 bridgehead atoms. The van der Waals surface area contributed by atoms with Crippen molar-refractivity contribution in [3.63, 3.8) is 0 Å². The predicted octanol–water partition coefficient (Wildman–Crippen LogP) is 3.33. The van der Waals surface area contributed by atoms with Gasteiger partial charge in [0.25, 0.3) is 5.91 Å². The topological polar surface area (TPSA) is 89.1 Å². The first-order valence-electron chi connectivity index (χ1n) is 10.2. The van der Waals surface area contributed by atoms with Crippen LogP contribution in [0.2, 0.25) is 0 Å². The Bertz CT molecular complexity index is 1100. The Morgan fingerprint density at radius 1 is 1.13 bits per heavy atom. The number of nitrogens with one attached hydrogen (secondary N) is 1. The molecule has 9 heteroatoms. The zero-order valence-corrected chi connectivity index (χ0v) is 17.2. The first-order valence-corrected chi connectivity index (χ1v) is 10.2. The Balaban J connectivity index is 1.60. The van der Waals surface area contributed by atoms with Crippen LogP contribution in [0.1, 0.15) is 29.8 Å². The Hall–Kier alpha value is -3.33. The van der Waals surface area contributed by atoms with Crippen LogP contribution < -0.4 is 16.0 Å². The lowest BCUT2D eigenvalue weighted by Gasteiger charge is -2.24. The van der Waals surface area contributed by atoms with Crippen LogP contribution in [0.25, 0.3) is 11.3 Å². The number of carbonyl (C=O) groups is 1. The molecule has 1 unspecified atom stereocenters. The van der Waals surface area contributed by atoms with Gasteiger partial charge in [-0.3, -0.25) is 9.48 Å². The maximum absolute atomic E-state index is 14.3. The van der Waals surface area contributed by atoms with Crippen LogP contribution in [0.5, 0.6) is 0 Å². The molecule has 4 rings (SSSR count). The number of nitrogens with zero attached hydrogens (tertiary/aromatic N) is 4. The fraction of sp³-hybridized carbons (Fsp3) is 0.318. The van der Waals surface area contributed by atoms with Gasteiger partial charge in [-0.15, -0.1) is 0 Å². The van der Waals surface area contributed by atoms with Gasteiger partial charge in [-0.1, -0.05) is 12.1 Å². The number of benzene rings is 1. The van der Waals surface area contributed by atoms with Gasteiger partial charge in [-0.2, -0.15) is 5.10 Å². The SMILES string of the molecule is Cn1ncc(NC(=O)c2ccc(F)c(-c3ccccc3F)n2)c1N1CCCC(N)CC1. The Morgan fingerprint density at radius 2 is 1.94 bits per heavy atom. The number of hydrogen-bond acceptors (Lipinski definition) is 5. The Morgan fingerprint density at radius 3 is 2.74 bits per heavy atom. The van der Waals surface area contributed by atoms with E-state index in [1.54, 1.807) is 16.9 Å². The second-order valence-electron chi connectivity index (χ2n) is 7.64. The average molecular weight is 426 g/mol. The third kappa shape index (κ3) is 4.41. The molecular weight excluding hydrogens is 402 g/mol. The molecule has 1 aliphatic rings. The van der Waals surface area contributed by atoms with E-state index in [4.69, 9.17) is 5.73 Å². The maximum Gasteiger partial charge on any atom is 0.274 e. The molecule has 2 aromatic heterocycles. The zero-order valence-electron chi connectivity index (χ0n) is 17.2. The summed E-state index contributed by atoms with van der Waals surface area (Å²) in [5, 5.41) is 7.09. The number of carbonyl (C=O) groups excluding carboxylic acids is 1. The second-order valence-corrected chi connectivity index (χ2v) is 7.64.